The Morgan fingerprint density at radius 2 is 2.22 bits per heavy atom. The standard InChI is InChI=1S/C12H12FN3O2/c1-7-5-8(3-4-9(7)13)10-6-11(15-14-10)12(17)16-18-2/h3-6H,1-2H3,(H,14,15)(H,16,17). The van der Waals surface area contributed by atoms with Crippen molar-refractivity contribution in [1.29, 1.82) is 0 Å². The molecule has 2 aromatic rings. The average molecular weight is 249 g/mol. The summed E-state index contributed by atoms with van der Waals surface area (Å²) in [5.74, 6) is -0.693. The second-order valence-corrected chi connectivity index (χ2v) is 3.77. The van der Waals surface area contributed by atoms with Gasteiger partial charge in [0.2, 0.25) is 0 Å². The minimum atomic E-state index is -0.421. The number of hydrogen-bond acceptors (Lipinski definition) is 3. The molecule has 0 aliphatic heterocycles. The van der Waals surface area contributed by atoms with Crippen molar-refractivity contribution in [3.63, 3.8) is 0 Å². The molecule has 0 aliphatic carbocycles. The number of aryl methyl sites for hydroxylation is 1. The van der Waals surface area contributed by atoms with E-state index < -0.39 is 5.91 Å². The first-order chi connectivity index (χ1) is 8.61. The quantitative estimate of drug-likeness (QED) is 0.815. The summed E-state index contributed by atoms with van der Waals surface area (Å²) in [6, 6.07) is 6.22. The minimum absolute atomic E-state index is 0.272. The van der Waals surface area contributed by atoms with Gasteiger partial charge in [0.15, 0.2) is 0 Å². The summed E-state index contributed by atoms with van der Waals surface area (Å²) in [5, 5.41) is 6.58. The zero-order valence-corrected chi connectivity index (χ0v) is 9.95. The maximum atomic E-state index is 13.1. The Balaban J connectivity index is 2.29. The van der Waals surface area contributed by atoms with Gasteiger partial charge in [0, 0.05) is 5.56 Å². The monoisotopic (exact) mass is 249 g/mol. The van der Waals surface area contributed by atoms with Gasteiger partial charge in [-0.3, -0.25) is 14.7 Å². The molecular formula is C12H12FN3O2. The maximum absolute atomic E-state index is 13.1. The van der Waals surface area contributed by atoms with Gasteiger partial charge in [-0.1, -0.05) is 0 Å². The zero-order chi connectivity index (χ0) is 13.1. The first-order valence-corrected chi connectivity index (χ1v) is 5.27. The third-order valence-electron chi connectivity index (χ3n) is 2.47. The van der Waals surface area contributed by atoms with Gasteiger partial charge < -0.3 is 0 Å². The van der Waals surface area contributed by atoms with E-state index >= 15 is 0 Å². The number of nitrogens with one attached hydrogen (secondary N) is 2. The third kappa shape index (κ3) is 2.38. The van der Waals surface area contributed by atoms with Gasteiger partial charge in [0.25, 0.3) is 5.91 Å². The molecule has 0 spiro atoms. The molecule has 6 heteroatoms. The second-order valence-electron chi connectivity index (χ2n) is 3.77. The van der Waals surface area contributed by atoms with Crippen LogP contribution in [0, 0.1) is 12.7 Å². The van der Waals surface area contributed by atoms with Crippen molar-refractivity contribution in [3.8, 4) is 11.3 Å². The fourth-order valence-electron chi connectivity index (χ4n) is 1.54. The lowest BCUT2D eigenvalue weighted by Gasteiger charge is -1.99. The molecule has 1 heterocycles. The molecule has 0 atom stereocenters. The van der Waals surface area contributed by atoms with Crippen LogP contribution in [0.15, 0.2) is 24.3 Å². The second kappa shape index (κ2) is 4.97. The number of hydrogen-bond donors (Lipinski definition) is 2. The molecule has 0 aliphatic rings. The summed E-state index contributed by atoms with van der Waals surface area (Å²) in [7, 11) is 1.35. The van der Waals surface area contributed by atoms with Crippen LogP contribution in [0.5, 0.6) is 0 Å². The summed E-state index contributed by atoms with van der Waals surface area (Å²) in [4.78, 5) is 16.0. The van der Waals surface area contributed by atoms with Crippen LogP contribution < -0.4 is 5.48 Å². The highest BCUT2D eigenvalue weighted by Gasteiger charge is 2.11. The SMILES string of the molecule is CONC(=O)c1cc(-c2ccc(F)c(C)c2)n[nH]1. The number of halogens is 1. The molecule has 0 radical (unpaired) electrons. The molecule has 1 aromatic heterocycles. The van der Waals surface area contributed by atoms with Crippen molar-refractivity contribution < 1.29 is 14.0 Å². The Kier molecular flexibility index (Phi) is 3.38. The van der Waals surface area contributed by atoms with Crippen LogP contribution in [0.4, 0.5) is 4.39 Å². The van der Waals surface area contributed by atoms with Crippen LogP contribution >= 0.6 is 0 Å². The number of aromatic nitrogens is 2. The zero-order valence-electron chi connectivity index (χ0n) is 9.95. The summed E-state index contributed by atoms with van der Waals surface area (Å²) in [6.45, 7) is 1.67. The first-order valence-electron chi connectivity index (χ1n) is 5.27. The van der Waals surface area contributed by atoms with Gasteiger partial charge in [-0.2, -0.15) is 5.10 Å². The summed E-state index contributed by atoms with van der Waals surface area (Å²) >= 11 is 0. The van der Waals surface area contributed by atoms with Gasteiger partial charge in [0.1, 0.15) is 11.5 Å². The smallest absolute Gasteiger partial charge is 0.277 e. The minimum Gasteiger partial charge on any atom is -0.277 e. The molecule has 2 N–H and O–H groups in total. The van der Waals surface area contributed by atoms with Gasteiger partial charge >= 0.3 is 0 Å². The Labute approximate surface area is 103 Å². The highest BCUT2D eigenvalue weighted by molar-refractivity contribution is 5.92. The number of rotatable bonds is 3. The van der Waals surface area contributed by atoms with E-state index in [1.807, 2.05) is 0 Å². The molecule has 18 heavy (non-hydrogen) atoms. The average Bonchev–Trinajstić information content (AvgIpc) is 2.82. The molecule has 0 bridgehead atoms. The van der Waals surface area contributed by atoms with Crippen LogP contribution in [0.2, 0.25) is 0 Å². The van der Waals surface area contributed by atoms with E-state index in [0.717, 1.165) is 5.56 Å². The van der Waals surface area contributed by atoms with Crippen LogP contribution in [-0.4, -0.2) is 23.2 Å². The van der Waals surface area contributed by atoms with Crippen LogP contribution in [0.25, 0.3) is 11.3 Å². The van der Waals surface area contributed by atoms with E-state index in [2.05, 4.69) is 20.5 Å². The van der Waals surface area contributed by atoms with Crippen LogP contribution in [0.3, 0.4) is 0 Å². The number of hydroxylamine groups is 1. The Hall–Kier alpha value is -2.21. The predicted octanol–water partition coefficient (Wildman–Crippen LogP) is 1.82. The molecule has 0 saturated carbocycles. The molecule has 0 saturated heterocycles. The van der Waals surface area contributed by atoms with Crippen molar-refractivity contribution in [2.24, 2.45) is 0 Å². The third-order valence-corrected chi connectivity index (χ3v) is 2.47. The number of nitrogens with zero attached hydrogens (tertiary/aromatic N) is 1. The molecule has 0 unspecified atom stereocenters. The van der Waals surface area contributed by atoms with E-state index in [9.17, 15) is 9.18 Å². The normalized spacial score (nSPS) is 10.4. The lowest BCUT2D eigenvalue weighted by molar-refractivity contribution is 0.0532. The molecule has 1 amide bonds. The summed E-state index contributed by atoms with van der Waals surface area (Å²) < 4.78 is 13.1. The van der Waals surface area contributed by atoms with Crippen molar-refractivity contribution in [2.75, 3.05) is 7.11 Å². The maximum Gasteiger partial charge on any atom is 0.292 e. The van der Waals surface area contributed by atoms with E-state index in [0.29, 0.717) is 11.3 Å². The molecule has 2 rings (SSSR count). The highest BCUT2D eigenvalue weighted by atomic mass is 19.1. The van der Waals surface area contributed by atoms with E-state index in [1.54, 1.807) is 25.1 Å². The van der Waals surface area contributed by atoms with E-state index in [-0.39, 0.29) is 11.5 Å². The van der Waals surface area contributed by atoms with Gasteiger partial charge in [0.05, 0.1) is 12.8 Å². The van der Waals surface area contributed by atoms with E-state index in [4.69, 9.17) is 0 Å². The Bertz CT molecular complexity index is 580. The van der Waals surface area contributed by atoms with Crippen molar-refractivity contribution in [3.05, 3.63) is 41.3 Å². The van der Waals surface area contributed by atoms with Crippen LogP contribution in [-0.2, 0) is 4.84 Å². The topological polar surface area (TPSA) is 67.0 Å². The number of aromatic amines is 1. The van der Waals surface area contributed by atoms with Crippen molar-refractivity contribution in [2.45, 2.75) is 6.92 Å². The van der Waals surface area contributed by atoms with Crippen LogP contribution in [0.1, 0.15) is 16.1 Å². The highest BCUT2D eigenvalue weighted by Crippen LogP contribution is 2.20. The fourth-order valence-corrected chi connectivity index (χ4v) is 1.54. The fraction of sp³-hybridized carbons (Fsp3) is 0.167. The van der Waals surface area contributed by atoms with Crippen molar-refractivity contribution >= 4 is 5.91 Å². The Morgan fingerprint density at radius 1 is 1.44 bits per heavy atom. The van der Waals surface area contributed by atoms with Crippen molar-refractivity contribution in [1.82, 2.24) is 15.7 Å². The van der Waals surface area contributed by atoms with E-state index in [1.165, 1.54) is 13.2 Å². The molecular weight excluding hydrogens is 237 g/mol. The molecule has 5 nitrogen and oxygen atoms in total. The number of benzene rings is 1. The Morgan fingerprint density at radius 3 is 2.89 bits per heavy atom. The number of carbonyl (C=O) groups is 1. The number of amides is 1. The number of carbonyl (C=O) groups excluding carboxylic acids is 1. The lowest BCUT2D eigenvalue weighted by atomic mass is 10.1. The van der Waals surface area contributed by atoms with Gasteiger partial charge in [-0.15, -0.1) is 0 Å². The van der Waals surface area contributed by atoms with Gasteiger partial charge in [-0.05, 0) is 36.8 Å². The molecule has 94 valence electrons. The first kappa shape index (κ1) is 12.3. The largest absolute Gasteiger partial charge is 0.292 e. The summed E-state index contributed by atoms with van der Waals surface area (Å²) in [5.41, 5.74) is 4.28. The lowest BCUT2D eigenvalue weighted by Crippen LogP contribution is -2.22. The number of H-pyrrole nitrogens is 1. The predicted molar refractivity (Wildman–Crippen MR) is 63.2 cm³/mol. The molecule has 0 fully saturated rings. The van der Waals surface area contributed by atoms with Gasteiger partial charge in [-0.25, -0.2) is 9.87 Å². The molecule has 1 aromatic carbocycles. The summed E-state index contributed by atoms with van der Waals surface area (Å²) in [6.07, 6.45) is 0.